The predicted octanol–water partition coefficient (Wildman–Crippen LogP) is 0.497. The minimum atomic E-state index is -0.578. The van der Waals surface area contributed by atoms with Gasteiger partial charge in [0.15, 0.2) is 0 Å². The van der Waals surface area contributed by atoms with Crippen LogP contribution in [0, 0.1) is 5.82 Å². The minimum absolute atomic E-state index is 0.0632. The number of hydrogen-bond acceptors (Lipinski definition) is 4. The molecule has 1 rings (SSSR count). The van der Waals surface area contributed by atoms with Gasteiger partial charge in [-0.3, -0.25) is 4.79 Å². The summed E-state index contributed by atoms with van der Waals surface area (Å²) in [6, 6.07) is 3.29. The van der Waals surface area contributed by atoms with E-state index in [-0.39, 0.29) is 11.3 Å². The van der Waals surface area contributed by atoms with Crippen molar-refractivity contribution in [3.05, 3.63) is 29.6 Å². The molecule has 0 aliphatic rings. The largest absolute Gasteiger partial charge is 0.507 e. The number of hydrogen-bond donors (Lipinski definition) is 3. The summed E-state index contributed by atoms with van der Waals surface area (Å²) in [7, 11) is 1.61. The van der Waals surface area contributed by atoms with Gasteiger partial charge in [0.25, 0.3) is 5.91 Å². The Morgan fingerprint density at radius 3 is 2.83 bits per heavy atom. The average Bonchev–Trinajstić information content (AvgIpc) is 2.33. The Morgan fingerprint density at radius 2 is 2.17 bits per heavy atom. The maximum Gasteiger partial charge on any atom is 0.255 e. The molecule has 100 valence electrons. The minimum Gasteiger partial charge on any atom is -0.507 e. The highest BCUT2D eigenvalue weighted by molar-refractivity contribution is 5.96. The summed E-state index contributed by atoms with van der Waals surface area (Å²) in [6.45, 7) is 2.32. The molecule has 6 heteroatoms. The number of phenols is 1. The van der Waals surface area contributed by atoms with Gasteiger partial charge in [-0.05, 0) is 12.1 Å². The van der Waals surface area contributed by atoms with E-state index >= 15 is 0 Å². The fraction of sp³-hybridized carbons (Fsp3) is 0.417. The average molecular weight is 256 g/mol. The summed E-state index contributed by atoms with van der Waals surface area (Å²) < 4.78 is 17.6. The number of amides is 1. The topological polar surface area (TPSA) is 70.6 Å². The lowest BCUT2D eigenvalue weighted by atomic mass is 10.2. The molecule has 3 N–H and O–H groups in total. The first-order valence-electron chi connectivity index (χ1n) is 5.61. The molecule has 0 saturated heterocycles. The number of benzene rings is 1. The van der Waals surface area contributed by atoms with Crippen molar-refractivity contribution >= 4 is 5.91 Å². The van der Waals surface area contributed by atoms with Gasteiger partial charge in [0.05, 0.1) is 12.2 Å². The highest BCUT2D eigenvalue weighted by Gasteiger charge is 2.10. The smallest absolute Gasteiger partial charge is 0.255 e. The molecule has 0 bridgehead atoms. The first kappa shape index (κ1) is 14.4. The summed E-state index contributed by atoms with van der Waals surface area (Å²) in [5, 5.41) is 15.1. The Labute approximate surface area is 105 Å². The van der Waals surface area contributed by atoms with Gasteiger partial charge in [0.1, 0.15) is 11.6 Å². The fourth-order valence-electron chi connectivity index (χ4n) is 1.36. The van der Waals surface area contributed by atoms with Crippen LogP contribution in [0.4, 0.5) is 4.39 Å². The lowest BCUT2D eigenvalue weighted by Gasteiger charge is -2.07. The molecule has 0 unspecified atom stereocenters. The molecule has 0 aliphatic carbocycles. The van der Waals surface area contributed by atoms with Crippen molar-refractivity contribution in [1.82, 2.24) is 10.6 Å². The second-order valence-electron chi connectivity index (χ2n) is 3.66. The number of ether oxygens (including phenoxy) is 1. The van der Waals surface area contributed by atoms with Crippen LogP contribution in [0.3, 0.4) is 0 Å². The zero-order valence-corrected chi connectivity index (χ0v) is 10.2. The number of phenolic OH excluding ortho intramolecular Hbond substituents is 1. The van der Waals surface area contributed by atoms with Crippen LogP contribution in [-0.2, 0) is 4.74 Å². The van der Waals surface area contributed by atoms with Gasteiger partial charge in [-0.15, -0.1) is 0 Å². The number of aromatic hydroxyl groups is 1. The maximum absolute atomic E-state index is 12.7. The Balaban J connectivity index is 2.32. The molecule has 1 amide bonds. The van der Waals surface area contributed by atoms with Crippen LogP contribution in [0.15, 0.2) is 18.2 Å². The van der Waals surface area contributed by atoms with Gasteiger partial charge in [0, 0.05) is 32.8 Å². The van der Waals surface area contributed by atoms with Gasteiger partial charge in [0.2, 0.25) is 0 Å². The van der Waals surface area contributed by atoms with Gasteiger partial charge < -0.3 is 20.5 Å². The van der Waals surface area contributed by atoms with Crippen molar-refractivity contribution in [3.8, 4) is 5.75 Å². The number of carbonyl (C=O) groups excluding carboxylic acids is 1. The highest BCUT2D eigenvalue weighted by Crippen LogP contribution is 2.17. The molecule has 0 spiro atoms. The first-order chi connectivity index (χ1) is 8.65. The molecular formula is C12H17FN2O3. The Hall–Kier alpha value is -1.66. The molecule has 0 aromatic heterocycles. The van der Waals surface area contributed by atoms with Crippen molar-refractivity contribution < 1.29 is 19.0 Å². The molecule has 0 radical (unpaired) electrons. The summed E-state index contributed by atoms with van der Waals surface area (Å²) in [5.74, 6) is -1.37. The van der Waals surface area contributed by atoms with Gasteiger partial charge in [-0.25, -0.2) is 4.39 Å². The summed E-state index contributed by atoms with van der Waals surface area (Å²) >= 11 is 0. The van der Waals surface area contributed by atoms with E-state index in [0.717, 1.165) is 12.1 Å². The number of rotatable bonds is 7. The van der Waals surface area contributed by atoms with Gasteiger partial charge >= 0.3 is 0 Å². The number of carbonyl (C=O) groups is 1. The van der Waals surface area contributed by atoms with Crippen molar-refractivity contribution in [2.45, 2.75) is 0 Å². The normalized spacial score (nSPS) is 10.3. The zero-order chi connectivity index (χ0) is 13.4. The van der Waals surface area contributed by atoms with Crippen LogP contribution in [0.5, 0.6) is 5.75 Å². The molecular weight excluding hydrogens is 239 g/mol. The Bertz CT molecular complexity index is 399. The third-order valence-corrected chi connectivity index (χ3v) is 2.27. The molecule has 18 heavy (non-hydrogen) atoms. The lowest BCUT2D eigenvalue weighted by molar-refractivity contribution is 0.0951. The molecule has 0 atom stereocenters. The van der Waals surface area contributed by atoms with Crippen molar-refractivity contribution in [3.63, 3.8) is 0 Å². The third-order valence-electron chi connectivity index (χ3n) is 2.27. The number of halogens is 1. The summed E-state index contributed by atoms with van der Waals surface area (Å²) in [5.41, 5.74) is 0.0632. The second kappa shape index (κ2) is 7.62. The van der Waals surface area contributed by atoms with E-state index in [4.69, 9.17) is 4.74 Å². The molecule has 0 heterocycles. The van der Waals surface area contributed by atoms with E-state index in [0.29, 0.717) is 26.2 Å². The SMILES string of the molecule is COCCNCCNC(=O)c1ccc(F)cc1O. The van der Waals surface area contributed by atoms with E-state index in [1.165, 1.54) is 6.07 Å². The fourth-order valence-corrected chi connectivity index (χ4v) is 1.36. The monoisotopic (exact) mass is 256 g/mol. The van der Waals surface area contributed by atoms with E-state index in [1.807, 2.05) is 0 Å². The molecule has 5 nitrogen and oxygen atoms in total. The van der Waals surface area contributed by atoms with Crippen molar-refractivity contribution in [2.24, 2.45) is 0 Å². The molecule has 1 aromatic rings. The van der Waals surface area contributed by atoms with Crippen LogP contribution in [0.1, 0.15) is 10.4 Å². The van der Waals surface area contributed by atoms with E-state index < -0.39 is 11.7 Å². The Kier molecular flexibility index (Phi) is 6.10. The second-order valence-corrected chi connectivity index (χ2v) is 3.66. The van der Waals surface area contributed by atoms with Crippen LogP contribution >= 0.6 is 0 Å². The molecule has 0 saturated carbocycles. The van der Waals surface area contributed by atoms with E-state index in [1.54, 1.807) is 7.11 Å². The van der Waals surface area contributed by atoms with Gasteiger partial charge in [-0.1, -0.05) is 0 Å². The molecule has 1 aromatic carbocycles. The van der Waals surface area contributed by atoms with Crippen LogP contribution in [0.25, 0.3) is 0 Å². The maximum atomic E-state index is 12.7. The predicted molar refractivity (Wildman–Crippen MR) is 65.1 cm³/mol. The van der Waals surface area contributed by atoms with E-state index in [2.05, 4.69) is 10.6 Å². The zero-order valence-electron chi connectivity index (χ0n) is 10.2. The third kappa shape index (κ3) is 4.68. The quantitative estimate of drug-likeness (QED) is 0.621. The first-order valence-corrected chi connectivity index (χ1v) is 5.61. The summed E-state index contributed by atoms with van der Waals surface area (Å²) in [6.07, 6.45) is 0. The van der Waals surface area contributed by atoms with Crippen LogP contribution in [-0.4, -0.2) is 44.4 Å². The lowest BCUT2D eigenvalue weighted by Crippen LogP contribution is -2.33. The van der Waals surface area contributed by atoms with E-state index in [9.17, 15) is 14.3 Å². The van der Waals surface area contributed by atoms with Crippen LogP contribution < -0.4 is 10.6 Å². The Morgan fingerprint density at radius 1 is 1.39 bits per heavy atom. The standard InChI is InChI=1S/C12H17FN2O3/c1-18-7-6-14-4-5-15-12(17)10-3-2-9(13)8-11(10)16/h2-3,8,14,16H,4-7H2,1H3,(H,15,17). The van der Waals surface area contributed by atoms with Crippen LogP contribution in [0.2, 0.25) is 0 Å². The summed E-state index contributed by atoms with van der Waals surface area (Å²) in [4.78, 5) is 11.6. The number of nitrogens with one attached hydrogen (secondary N) is 2. The van der Waals surface area contributed by atoms with Crippen molar-refractivity contribution in [2.75, 3.05) is 33.4 Å². The highest BCUT2D eigenvalue weighted by atomic mass is 19.1. The van der Waals surface area contributed by atoms with Crippen molar-refractivity contribution in [1.29, 1.82) is 0 Å². The molecule has 0 fully saturated rings. The molecule has 0 aliphatic heterocycles. The number of methoxy groups -OCH3 is 1. The van der Waals surface area contributed by atoms with Gasteiger partial charge in [-0.2, -0.15) is 0 Å².